The van der Waals surface area contributed by atoms with Crippen LogP contribution >= 0.6 is 13.5 Å². The van der Waals surface area contributed by atoms with E-state index in [1.807, 2.05) is 25.7 Å². The van der Waals surface area contributed by atoms with Crippen molar-refractivity contribution >= 4 is 31.0 Å². The van der Waals surface area contributed by atoms with Gasteiger partial charge in [-0.15, -0.1) is 0 Å². The van der Waals surface area contributed by atoms with Gasteiger partial charge in [-0.05, 0) is 39.0 Å². The van der Waals surface area contributed by atoms with Crippen LogP contribution in [0.4, 0.5) is 16.2 Å². The van der Waals surface area contributed by atoms with E-state index in [1.165, 1.54) is 0 Å². The van der Waals surface area contributed by atoms with Gasteiger partial charge in [-0.3, -0.25) is 0 Å². The van der Waals surface area contributed by atoms with E-state index in [0.29, 0.717) is 30.9 Å². The maximum atomic E-state index is 12.2. The number of carbonyl (C=O) groups excluding carboxylic acids is 1. The fraction of sp³-hybridized carbons (Fsp3) is 0.529. The summed E-state index contributed by atoms with van der Waals surface area (Å²) >= 11 is 0. The summed E-state index contributed by atoms with van der Waals surface area (Å²) in [6.07, 6.45) is -0.390. The van der Waals surface area contributed by atoms with Crippen molar-refractivity contribution in [3.05, 3.63) is 23.8 Å². The molecule has 2 rings (SSSR count). The molecule has 7 nitrogen and oxygen atoms in total. The number of aliphatic hydroxyl groups is 1. The Hall–Kier alpha value is -2.11. The molecule has 1 aliphatic rings. The molecule has 8 heteroatoms. The van der Waals surface area contributed by atoms with Gasteiger partial charge in [0.2, 0.25) is 0 Å². The van der Waals surface area contributed by atoms with E-state index in [1.54, 1.807) is 23.1 Å². The van der Waals surface area contributed by atoms with Gasteiger partial charge in [0.15, 0.2) is 0 Å². The van der Waals surface area contributed by atoms with Crippen LogP contribution in [0, 0.1) is 11.3 Å². The number of anilines is 2. The zero-order valence-electron chi connectivity index (χ0n) is 14.8. The summed E-state index contributed by atoms with van der Waals surface area (Å²) in [5.74, 6) is 0. The van der Waals surface area contributed by atoms with Crippen molar-refractivity contribution in [2.24, 2.45) is 0 Å². The number of piperazine rings is 1. The maximum absolute atomic E-state index is 12.2. The van der Waals surface area contributed by atoms with Crippen molar-refractivity contribution in [1.82, 2.24) is 4.90 Å². The third-order valence-corrected chi connectivity index (χ3v) is 3.80. The summed E-state index contributed by atoms with van der Waals surface area (Å²) in [4.78, 5) is 15.8. The number of amides is 1. The Morgan fingerprint density at radius 1 is 1.44 bits per heavy atom. The van der Waals surface area contributed by atoms with E-state index in [9.17, 15) is 15.2 Å². The highest BCUT2D eigenvalue weighted by molar-refractivity contribution is 7.59. The summed E-state index contributed by atoms with van der Waals surface area (Å²) in [6, 6.07) is 6.95. The third kappa shape index (κ3) is 5.18. The summed E-state index contributed by atoms with van der Waals surface area (Å²) in [5.41, 5.74) is 6.86. The quantitative estimate of drug-likeness (QED) is 0.772. The largest absolute Gasteiger partial charge is 0.444 e. The number of nitrogens with zero attached hydrogens (tertiary/aromatic N) is 3. The molecule has 1 amide bonds. The fourth-order valence-corrected chi connectivity index (χ4v) is 2.71. The second kappa shape index (κ2) is 8.32. The predicted octanol–water partition coefficient (Wildman–Crippen LogP) is 1.67. The molecule has 1 atom stereocenters. The van der Waals surface area contributed by atoms with Crippen molar-refractivity contribution in [3.63, 3.8) is 0 Å². The van der Waals surface area contributed by atoms with Gasteiger partial charge in [-0.1, -0.05) is 0 Å². The molecule has 0 bridgehead atoms. The molecular formula is C17H26N4O3S. The molecule has 25 heavy (non-hydrogen) atoms. The Kier molecular flexibility index (Phi) is 6.96. The Bertz CT molecular complexity index is 654. The van der Waals surface area contributed by atoms with Gasteiger partial charge in [0.25, 0.3) is 0 Å². The second-order valence-corrected chi connectivity index (χ2v) is 6.84. The molecule has 0 spiro atoms. The molecular weight excluding hydrogens is 340 g/mol. The summed E-state index contributed by atoms with van der Waals surface area (Å²) in [6.45, 7) is 6.62. The van der Waals surface area contributed by atoms with Crippen LogP contribution in [0.1, 0.15) is 26.3 Å². The Morgan fingerprint density at radius 3 is 2.68 bits per heavy atom. The molecule has 1 saturated heterocycles. The van der Waals surface area contributed by atoms with Crippen LogP contribution in [0.15, 0.2) is 18.2 Å². The number of hydrogen-bond acceptors (Lipinski definition) is 6. The number of ether oxygens (including phenoxy) is 1. The summed E-state index contributed by atoms with van der Waals surface area (Å²) in [5, 5.41) is 19.1. The number of carbonyl (C=O) groups is 1. The standard InChI is InChI=1S/C17H24N4O3.H2S/c1-17(2,3)24-16(23)20-6-7-21(14(10-20)11-22)15-5-4-13(19)8-12(15)9-18;/h4-5,8,14,22H,6-7,10-11,19H2,1-3H3;1H2/t14-;/m0./s1. The molecule has 1 aromatic rings. The lowest BCUT2D eigenvalue weighted by molar-refractivity contribution is 0.0197. The number of benzene rings is 1. The maximum Gasteiger partial charge on any atom is 0.410 e. The molecule has 0 saturated carbocycles. The van der Waals surface area contributed by atoms with Crippen LogP contribution in [0.3, 0.4) is 0 Å². The molecule has 1 aromatic carbocycles. The zero-order chi connectivity index (χ0) is 17.9. The highest BCUT2D eigenvalue weighted by Crippen LogP contribution is 2.27. The molecule has 1 heterocycles. The lowest BCUT2D eigenvalue weighted by Crippen LogP contribution is -2.57. The van der Waals surface area contributed by atoms with Crippen LogP contribution < -0.4 is 10.6 Å². The predicted molar refractivity (Wildman–Crippen MR) is 102 cm³/mol. The summed E-state index contributed by atoms with van der Waals surface area (Å²) < 4.78 is 5.39. The van der Waals surface area contributed by atoms with Crippen LogP contribution in [-0.2, 0) is 4.74 Å². The van der Waals surface area contributed by atoms with Gasteiger partial charge in [0.1, 0.15) is 11.7 Å². The SMILES string of the molecule is CC(C)(C)OC(=O)N1CCN(c2ccc(N)cc2C#N)[C@H](CO)C1.S. The number of rotatable bonds is 2. The van der Waals surface area contributed by atoms with E-state index in [2.05, 4.69) is 6.07 Å². The average Bonchev–Trinajstić information content (AvgIpc) is 2.52. The van der Waals surface area contributed by atoms with Gasteiger partial charge in [0, 0.05) is 25.3 Å². The monoisotopic (exact) mass is 366 g/mol. The second-order valence-electron chi connectivity index (χ2n) is 6.84. The minimum atomic E-state index is -0.562. The first-order chi connectivity index (χ1) is 11.2. The lowest BCUT2D eigenvalue weighted by atomic mass is 10.1. The van der Waals surface area contributed by atoms with Crippen LogP contribution in [0.2, 0.25) is 0 Å². The van der Waals surface area contributed by atoms with Crippen LogP contribution in [0.5, 0.6) is 0 Å². The molecule has 138 valence electrons. The molecule has 3 N–H and O–H groups in total. The van der Waals surface area contributed by atoms with E-state index < -0.39 is 11.7 Å². The number of nitrogens with two attached hydrogens (primary N) is 1. The topological polar surface area (TPSA) is 103 Å². The highest BCUT2D eigenvalue weighted by atomic mass is 32.1. The number of hydrogen-bond donors (Lipinski definition) is 2. The van der Waals surface area contributed by atoms with Crippen molar-refractivity contribution in [1.29, 1.82) is 5.26 Å². The highest BCUT2D eigenvalue weighted by Gasteiger charge is 2.32. The van der Waals surface area contributed by atoms with Gasteiger partial charge >= 0.3 is 6.09 Å². The average molecular weight is 366 g/mol. The van der Waals surface area contributed by atoms with Crippen molar-refractivity contribution in [3.8, 4) is 6.07 Å². The van der Waals surface area contributed by atoms with E-state index in [0.717, 1.165) is 5.69 Å². The minimum Gasteiger partial charge on any atom is -0.444 e. The van der Waals surface area contributed by atoms with Crippen LogP contribution in [-0.4, -0.2) is 54.0 Å². The van der Waals surface area contributed by atoms with Gasteiger partial charge in [-0.2, -0.15) is 18.8 Å². The first kappa shape index (κ1) is 20.9. The Balaban J connectivity index is 0.00000312. The smallest absolute Gasteiger partial charge is 0.410 e. The summed E-state index contributed by atoms with van der Waals surface area (Å²) in [7, 11) is 0. The minimum absolute atomic E-state index is 0. The van der Waals surface area contributed by atoms with Crippen molar-refractivity contribution in [2.75, 3.05) is 36.9 Å². The zero-order valence-corrected chi connectivity index (χ0v) is 15.8. The number of aliphatic hydroxyl groups excluding tert-OH is 1. The number of nitrogen functional groups attached to an aromatic ring is 1. The van der Waals surface area contributed by atoms with E-state index >= 15 is 0 Å². The van der Waals surface area contributed by atoms with Gasteiger partial charge in [0.05, 0.1) is 23.9 Å². The van der Waals surface area contributed by atoms with E-state index in [4.69, 9.17) is 10.5 Å². The van der Waals surface area contributed by atoms with Gasteiger partial charge in [-0.25, -0.2) is 4.79 Å². The molecule has 1 aliphatic heterocycles. The first-order valence-electron chi connectivity index (χ1n) is 7.90. The van der Waals surface area contributed by atoms with Crippen molar-refractivity contribution in [2.45, 2.75) is 32.4 Å². The van der Waals surface area contributed by atoms with E-state index in [-0.39, 0.29) is 26.1 Å². The molecule has 1 fully saturated rings. The number of nitriles is 1. The Labute approximate surface area is 155 Å². The lowest BCUT2D eigenvalue weighted by Gasteiger charge is -2.42. The molecule has 0 aliphatic carbocycles. The normalized spacial score (nSPS) is 17.5. The molecule has 0 unspecified atom stereocenters. The van der Waals surface area contributed by atoms with Gasteiger partial charge < -0.3 is 25.4 Å². The fourth-order valence-electron chi connectivity index (χ4n) is 2.71. The molecule has 0 radical (unpaired) electrons. The molecule has 0 aromatic heterocycles. The Morgan fingerprint density at radius 2 is 2.12 bits per heavy atom. The van der Waals surface area contributed by atoms with Crippen LogP contribution in [0.25, 0.3) is 0 Å². The first-order valence-corrected chi connectivity index (χ1v) is 7.90. The van der Waals surface area contributed by atoms with Crippen molar-refractivity contribution < 1.29 is 14.6 Å². The third-order valence-electron chi connectivity index (χ3n) is 3.80.